The van der Waals surface area contributed by atoms with Gasteiger partial charge in [0.05, 0.1) is 5.69 Å². The maximum atomic E-state index is 12.7. The SMILES string of the molecule is Cc1ccccc1-c1ncncc1C[C@H](NC(=O)OCC1c2ccccc2-c2ccccc21)C(=O)O. The normalized spacial score (nSPS) is 12.9. The number of rotatable bonds is 7. The summed E-state index contributed by atoms with van der Waals surface area (Å²) in [7, 11) is 0. The van der Waals surface area contributed by atoms with Crippen molar-refractivity contribution in [2.45, 2.75) is 25.3 Å². The first-order valence-electron chi connectivity index (χ1n) is 11.7. The van der Waals surface area contributed by atoms with Crippen LogP contribution in [-0.2, 0) is 16.0 Å². The number of carbonyl (C=O) groups excluding carboxylic acids is 1. The fourth-order valence-corrected chi connectivity index (χ4v) is 4.79. The fraction of sp³-hybridized carbons (Fsp3) is 0.172. The summed E-state index contributed by atoms with van der Waals surface area (Å²) in [6.07, 6.45) is 2.26. The summed E-state index contributed by atoms with van der Waals surface area (Å²) in [5.74, 6) is -1.27. The molecule has 1 aliphatic rings. The second-order valence-corrected chi connectivity index (χ2v) is 8.78. The quantitative estimate of drug-likeness (QED) is 0.387. The molecule has 180 valence electrons. The monoisotopic (exact) mass is 479 g/mol. The van der Waals surface area contributed by atoms with Crippen LogP contribution in [-0.4, -0.2) is 39.8 Å². The molecule has 3 aromatic carbocycles. The third-order valence-corrected chi connectivity index (χ3v) is 6.55. The van der Waals surface area contributed by atoms with Crippen LogP contribution in [0.1, 0.15) is 28.2 Å². The Morgan fingerprint density at radius 2 is 1.56 bits per heavy atom. The average molecular weight is 480 g/mol. The Hall–Kier alpha value is -4.52. The van der Waals surface area contributed by atoms with Gasteiger partial charge in [-0.3, -0.25) is 0 Å². The molecule has 0 saturated heterocycles. The molecule has 0 aliphatic heterocycles. The second kappa shape index (κ2) is 10.00. The number of aliphatic carboxylic acids is 1. The van der Waals surface area contributed by atoms with Crippen LogP contribution < -0.4 is 5.32 Å². The van der Waals surface area contributed by atoms with E-state index in [1.54, 1.807) is 6.20 Å². The molecule has 5 rings (SSSR count). The number of alkyl carbamates (subject to hydrolysis) is 1. The number of aromatic nitrogens is 2. The van der Waals surface area contributed by atoms with Crippen molar-refractivity contribution in [1.29, 1.82) is 0 Å². The summed E-state index contributed by atoms with van der Waals surface area (Å²) in [4.78, 5) is 33.2. The second-order valence-electron chi connectivity index (χ2n) is 8.78. The summed E-state index contributed by atoms with van der Waals surface area (Å²) in [5, 5.41) is 12.3. The maximum Gasteiger partial charge on any atom is 0.407 e. The smallest absolute Gasteiger partial charge is 0.407 e. The fourth-order valence-electron chi connectivity index (χ4n) is 4.79. The van der Waals surface area contributed by atoms with Crippen LogP contribution in [0.5, 0.6) is 0 Å². The molecule has 0 radical (unpaired) electrons. The van der Waals surface area contributed by atoms with Crippen molar-refractivity contribution in [2.24, 2.45) is 0 Å². The number of aryl methyl sites for hydroxylation is 1. The molecule has 1 aliphatic carbocycles. The molecule has 1 atom stereocenters. The molecule has 0 spiro atoms. The van der Waals surface area contributed by atoms with Crippen molar-refractivity contribution in [3.63, 3.8) is 0 Å². The summed E-state index contributed by atoms with van der Waals surface area (Å²) >= 11 is 0. The van der Waals surface area contributed by atoms with Gasteiger partial charge in [0, 0.05) is 24.1 Å². The molecule has 0 unspecified atom stereocenters. The highest BCUT2D eigenvalue weighted by atomic mass is 16.5. The van der Waals surface area contributed by atoms with Gasteiger partial charge in [0.1, 0.15) is 19.0 Å². The third kappa shape index (κ3) is 4.55. The molecule has 36 heavy (non-hydrogen) atoms. The number of fused-ring (bicyclic) bond motifs is 3. The van der Waals surface area contributed by atoms with Gasteiger partial charge in [-0.25, -0.2) is 19.6 Å². The van der Waals surface area contributed by atoms with Crippen LogP contribution in [0, 0.1) is 6.92 Å². The molecular weight excluding hydrogens is 454 g/mol. The first kappa shape index (κ1) is 23.2. The van der Waals surface area contributed by atoms with Gasteiger partial charge in [0.2, 0.25) is 0 Å². The van der Waals surface area contributed by atoms with E-state index in [-0.39, 0.29) is 18.9 Å². The van der Waals surface area contributed by atoms with Crippen LogP contribution in [0.3, 0.4) is 0 Å². The number of nitrogens with zero attached hydrogens (tertiary/aromatic N) is 2. The van der Waals surface area contributed by atoms with E-state index in [0.717, 1.165) is 33.4 Å². The van der Waals surface area contributed by atoms with Crippen LogP contribution >= 0.6 is 0 Å². The highest BCUT2D eigenvalue weighted by Gasteiger charge is 2.30. The predicted molar refractivity (Wildman–Crippen MR) is 136 cm³/mol. The lowest BCUT2D eigenvalue weighted by Crippen LogP contribution is -2.43. The van der Waals surface area contributed by atoms with Gasteiger partial charge in [-0.2, -0.15) is 0 Å². The summed E-state index contributed by atoms with van der Waals surface area (Å²) < 4.78 is 5.55. The Morgan fingerprint density at radius 1 is 0.944 bits per heavy atom. The predicted octanol–water partition coefficient (Wildman–Crippen LogP) is 4.99. The molecule has 2 N–H and O–H groups in total. The third-order valence-electron chi connectivity index (χ3n) is 6.55. The number of benzene rings is 3. The van der Waals surface area contributed by atoms with E-state index in [9.17, 15) is 14.7 Å². The minimum absolute atomic E-state index is 0.0179. The van der Waals surface area contributed by atoms with Gasteiger partial charge >= 0.3 is 12.1 Å². The molecule has 1 heterocycles. The van der Waals surface area contributed by atoms with Crippen molar-refractivity contribution >= 4 is 12.1 Å². The zero-order valence-electron chi connectivity index (χ0n) is 19.7. The molecule has 0 bridgehead atoms. The minimum Gasteiger partial charge on any atom is -0.480 e. The number of nitrogens with one attached hydrogen (secondary N) is 1. The van der Waals surface area contributed by atoms with E-state index >= 15 is 0 Å². The summed E-state index contributed by atoms with van der Waals surface area (Å²) in [6.45, 7) is 2.07. The van der Waals surface area contributed by atoms with Crippen molar-refractivity contribution in [1.82, 2.24) is 15.3 Å². The number of carboxylic acid groups (broad SMARTS) is 1. The summed E-state index contributed by atoms with van der Waals surface area (Å²) in [6, 6.07) is 22.6. The van der Waals surface area contributed by atoms with Gasteiger partial charge in [-0.1, -0.05) is 72.8 Å². The zero-order chi connectivity index (χ0) is 25.1. The van der Waals surface area contributed by atoms with Crippen molar-refractivity contribution in [3.8, 4) is 22.4 Å². The lowest BCUT2D eigenvalue weighted by Gasteiger charge is -2.18. The molecule has 4 aromatic rings. The van der Waals surface area contributed by atoms with E-state index in [2.05, 4.69) is 27.4 Å². The Bertz CT molecular complexity index is 1390. The van der Waals surface area contributed by atoms with Gasteiger partial charge in [0.15, 0.2) is 0 Å². The first-order chi connectivity index (χ1) is 17.5. The van der Waals surface area contributed by atoms with Crippen molar-refractivity contribution in [3.05, 3.63) is 108 Å². The standard InChI is InChI=1S/C29H25N3O4/c1-18-8-2-3-9-20(18)27-19(15-30-17-31-27)14-26(28(33)34)32-29(35)36-16-25-23-12-6-4-10-21(23)22-11-5-7-13-24(22)25/h2-13,15,17,25-26H,14,16H2,1H3,(H,32,35)(H,33,34)/t26-/m0/s1. The number of carbonyl (C=O) groups is 2. The number of carboxylic acids is 1. The van der Waals surface area contributed by atoms with E-state index in [1.165, 1.54) is 6.33 Å². The van der Waals surface area contributed by atoms with Gasteiger partial charge in [-0.05, 0) is 40.3 Å². The van der Waals surface area contributed by atoms with Crippen LogP contribution in [0.15, 0.2) is 85.3 Å². The van der Waals surface area contributed by atoms with Crippen molar-refractivity contribution < 1.29 is 19.4 Å². The Balaban J connectivity index is 1.30. The van der Waals surface area contributed by atoms with E-state index in [4.69, 9.17) is 4.74 Å². The number of hydrogen-bond acceptors (Lipinski definition) is 5. The zero-order valence-corrected chi connectivity index (χ0v) is 19.7. The minimum atomic E-state index is -1.20. The van der Waals surface area contributed by atoms with Crippen molar-refractivity contribution in [2.75, 3.05) is 6.61 Å². The van der Waals surface area contributed by atoms with Gasteiger partial charge in [0.25, 0.3) is 0 Å². The molecule has 0 fully saturated rings. The first-order valence-corrected chi connectivity index (χ1v) is 11.7. The van der Waals surface area contributed by atoms with Crippen LogP contribution in [0.2, 0.25) is 0 Å². The van der Waals surface area contributed by atoms with E-state index in [1.807, 2.05) is 67.6 Å². The van der Waals surface area contributed by atoms with Crippen LogP contribution in [0.4, 0.5) is 4.79 Å². The average Bonchev–Trinajstić information content (AvgIpc) is 3.21. The number of ether oxygens (including phenoxy) is 1. The maximum absolute atomic E-state index is 12.7. The Kier molecular flexibility index (Phi) is 6.45. The molecule has 7 nitrogen and oxygen atoms in total. The van der Waals surface area contributed by atoms with Gasteiger partial charge < -0.3 is 15.2 Å². The number of hydrogen-bond donors (Lipinski definition) is 2. The molecular formula is C29H25N3O4. The number of amides is 1. The summed E-state index contributed by atoms with van der Waals surface area (Å²) in [5.41, 5.74) is 7.59. The Labute approximate surface area is 208 Å². The molecule has 1 amide bonds. The lowest BCUT2D eigenvalue weighted by molar-refractivity contribution is -0.139. The Morgan fingerprint density at radius 3 is 2.19 bits per heavy atom. The highest BCUT2D eigenvalue weighted by Crippen LogP contribution is 2.44. The van der Waals surface area contributed by atoms with E-state index < -0.39 is 18.1 Å². The molecule has 0 saturated carbocycles. The van der Waals surface area contributed by atoms with Gasteiger partial charge in [-0.15, -0.1) is 0 Å². The topological polar surface area (TPSA) is 101 Å². The lowest BCUT2D eigenvalue weighted by atomic mass is 9.98. The van der Waals surface area contributed by atoms with Crippen LogP contribution in [0.25, 0.3) is 22.4 Å². The molecule has 1 aromatic heterocycles. The van der Waals surface area contributed by atoms with E-state index in [0.29, 0.717) is 11.3 Å². The largest absolute Gasteiger partial charge is 0.480 e. The molecule has 7 heteroatoms. The highest BCUT2D eigenvalue weighted by molar-refractivity contribution is 5.81.